The number of benzene rings is 1. The number of hydrogen-bond acceptors (Lipinski definition) is 7. The molecule has 1 aromatic heterocycles. The van der Waals surface area contributed by atoms with Gasteiger partial charge in [-0.25, -0.2) is 4.79 Å². The molecule has 1 aromatic carbocycles. The third kappa shape index (κ3) is 5.17. The van der Waals surface area contributed by atoms with E-state index in [0.717, 1.165) is 20.6 Å². The smallest absolute Gasteiger partial charge is 0.332 e. The highest BCUT2D eigenvalue weighted by Crippen LogP contribution is 2.23. The summed E-state index contributed by atoms with van der Waals surface area (Å²) in [5.41, 5.74) is 6.29. The van der Waals surface area contributed by atoms with Crippen LogP contribution in [0.1, 0.15) is 34.8 Å². The molecule has 2 N–H and O–H groups in total. The van der Waals surface area contributed by atoms with E-state index in [1.54, 1.807) is 0 Å². The van der Waals surface area contributed by atoms with E-state index in [1.165, 1.54) is 23.4 Å². The van der Waals surface area contributed by atoms with Crippen LogP contribution in [0.4, 0.5) is 5.82 Å². The molecule has 29 heavy (non-hydrogen) atoms. The van der Waals surface area contributed by atoms with Gasteiger partial charge in [-0.3, -0.25) is 23.5 Å². The first-order valence-electron chi connectivity index (χ1n) is 9.15. The third-order valence-electron chi connectivity index (χ3n) is 4.36. The van der Waals surface area contributed by atoms with Gasteiger partial charge in [0.05, 0.1) is 5.75 Å². The number of ether oxygens (including phenoxy) is 1. The Morgan fingerprint density at radius 1 is 1.21 bits per heavy atom. The lowest BCUT2D eigenvalue weighted by Crippen LogP contribution is -2.43. The molecule has 156 valence electrons. The fourth-order valence-corrected chi connectivity index (χ4v) is 3.67. The Bertz CT molecular complexity index is 1060. The Balaban J connectivity index is 2.09. The number of aryl methyl sites for hydroxylation is 2. The summed E-state index contributed by atoms with van der Waals surface area (Å²) in [6, 6.07) is 5.93. The molecule has 2 rings (SSSR count). The molecule has 0 unspecified atom stereocenters. The Morgan fingerprint density at radius 3 is 2.55 bits per heavy atom. The van der Waals surface area contributed by atoms with Crippen LogP contribution in [-0.2, 0) is 23.1 Å². The summed E-state index contributed by atoms with van der Waals surface area (Å²) in [5, 5.41) is 0. The molecule has 9 heteroatoms. The lowest BCUT2D eigenvalue weighted by atomic mass is 10.2. The van der Waals surface area contributed by atoms with Crippen molar-refractivity contribution in [3.05, 3.63) is 55.7 Å². The largest absolute Gasteiger partial charge is 0.457 e. The minimum atomic E-state index is -0.800. The zero-order valence-electron chi connectivity index (χ0n) is 17.0. The van der Waals surface area contributed by atoms with E-state index in [0.29, 0.717) is 6.42 Å². The van der Waals surface area contributed by atoms with Crippen molar-refractivity contribution in [2.75, 3.05) is 18.1 Å². The average Bonchev–Trinajstić information content (AvgIpc) is 2.68. The van der Waals surface area contributed by atoms with Crippen molar-refractivity contribution in [1.29, 1.82) is 0 Å². The number of aromatic nitrogens is 2. The van der Waals surface area contributed by atoms with Crippen molar-refractivity contribution in [2.45, 2.75) is 38.6 Å². The van der Waals surface area contributed by atoms with E-state index in [-0.39, 0.29) is 23.7 Å². The predicted molar refractivity (Wildman–Crippen MR) is 113 cm³/mol. The zero-order valence-corrected chi connectivity index (χ0v) is 17.8. The van der Waals surface area contributed by atoms with Gasteiger partial charge in [0, 0.05) is 18.5 Å². The van der Waals surface area contributed by atoms with Gasteiger partial charge < -0.3 is 10.5 Å². The summed E-state index contributed by atoms with van der Waals surface area (Å²) < 4.78 is 7.03. The number of thioether (sulfide) groups is 1. The number of nitrogen functional groups attached to an aromatic ring is 1. The van der Waals surface area contributed by atoms with Crippen molar-refractivity contribution >= 4 is 29.3 Å². The van der Waals surface area contributed by atoms with Crippen LogP contribution in [0.5, 0.6) is 0 Å². The number of nitrogens with two attached hydrogens (primary N) is 1. The zero-order chi connectivity index (χ0) is 21.7. The first-order chi connectivity index (χ1) is 13.7. The van der Waals surface area contributed by atoms with Gasteiger partial charge >= 0.3 is 11.7 Å². The lowest BCUT2D eigenvalue weighted by Gasteiger charge is -2.14. The van der Waals surface area contributed by atoms with Crippen LogP contribution in [0.3, 0.4) is 0 Å². The maximum absolute atomic E-state index is 12.5. The summed E-state index contributed by atoms with van der Waals surface area (Å²) >= 11 is 1.31. The molecule has 0 saturated carbocycles. The van der Waals surface area contributed by atoms with Gasteiger partial charge in [0.1, 0.15) is 11.4 Å². The molecular formula is C20H25N3O5S. The number of Topliss-reactive ketones (excluding diaryl/α,β-unsaturated/α-hetero) is 1. The number of rotatable bonds is 8. The second kappa shape index (κ2) is 9.60. The maximum atomic E-state index is 12.5. The molecule has 0 radical (unpaired) electrons. The monoisotopic (exact) mass is 419 g/mol. The van der Waals surface area contributed by atoms with E-state index >= 15 is 0 Å². The number of carbonyl (C=O) groups is 2. The second-order valence-electron chi connectivity index (χ2n) is 6.70. The molecule has 1 heterocycles. The van der Waals surface area contributed by atoms with Crippen LogP contribution >= 0.6 is 11.8 Å². The Kier molecular flexibility index (Phi) is 7.44. The molecule has 0 spiro atoms. The highest BCUT2D eigenvalue weighted by Gasteiger charge is 2.22. The van der Waals surface area contributed by atoms with Gasteiger partial charge in [0.2, 0.25) is 5.78 Å². The highest BCUT2D eigenvalue weighted by atomic mass is 32.2. The quantitative estimate of drug-likeness (QED) is 0.393. The fourth-order valence-electron chi connectivity index (χ4n) is 2.74. The van der Waals surface area contributed by atoms with Gasteiger partial charge in [0.15, 0.2) is 6.61 Å². The van der Waals surface area contributed by atoms with Crippen LogP contribution in [-0.4, -0.2) is 33.2 Å². The Labute approximate surface area is 172 Å². The fraction of sp³-hybridized carbons (Fsp3) is 0.400. The molecule has 0 aliphatic heterocycles. The lowest BCUT2D eigenvalue weighted by molar-refractivity contribution is -0.139. The summed E-state index contributed by atoms with van der Waals surface area (Å²) in [5.74, 6) is -1.49. The molecule has 0 aliphatic rings. The minimum Gasteiger partial charge on any atom is -0.457 e. The van der Waals surface area contributed by atoms with Crippen molar-refractivity contribution in [3.63, 3.8) is 0 Å². The van der Waals surface area contributed by atoms with Crippen LogP contribution in [0, 0.1) is 13.8 Å². The molecule has 0 amide bonds. The number of esters is 1. The van der Waals surface area contributed by atoms with Crippen molar-refractivity contribution in [3.8, 4) is 0 Å². The molecular weight excluding hydrogens is 394 g/mol. The molecule has 0 aliphatic carbocycles. The van der Waals surface area contributed by atoms with Crippen LogP contribution < -0.4 is 17.0 Å². The molecule has 0 fully saturated rings. The van der Waals surface area contributed by atoms with Crippen molar-refractivity contribution in [1.82, 2.24) is 9.13 Å². The SMILES string of the molecule is CCCn1c(N)c(C(=O)COC(=O)CSc2cc(C)ccc2C)c(=O)n(C)c1=O. The molecule has 0 saturated heterocycles. The maximum Gasteiger partial charge on any atom is 0.332 e. The van der Waals surface area contributed by atoms with Gasteiger partial charge in [-0.15, -0.1) is 11.8 Å². The van der Waals surface area contributed by atoms with Gasteiger partial charge in [-0.2, -0.15) is 0 Å². The standard InChI is InChI=1S/C20H25N3O5S/c1-5-8-23-18(21)17(19(26)22(4)20(23)27)14(24)10-28-16(25)11-29-15-9-12(2)6-7-13(15)3/h6-7,9H,5,8,10-11,21H2,1-4H3. The number of ketones is 1. The van der Waals surface area contributed by atoms with E-state index in [2.05, 4.69) is 0 Å². The average molecular weight is 420 g/mol. The summed E-state index contributed by atoms with van der Waals surface area (Å²) in [4.78, 5) is 50.0. The van der Waals surface area contributed by atoms with Crippen molar-refractivity contribution < 1.29 is 14.3 Å². The number of nitrogens with zero attached hydrogens (tertiary/aromatic N) is 2. The minimum absolute atomic E-state index is 0.0282. The van der Waals surface area contributed by atoms with Gasteiger partial charge in [-0.1, -0.05) is 24.6 Å². The third-order valence-corrected chi connectivity index (χ3v) is 5.49. The van der Waals surface area contributed by atoms with E-state index in [1.807, 2.05) is 39.0 Å². The predicted octanol–water partition coefficient (Wildman–Crippen LogP) is 1.67. The van der Waals surface area contributed by atoms with E-state index < -0.39 is 29.6 Å². The first-order valence-corrected chi connectivity index (χ1v) is 10.1. The highest BCUT2D eigenvalue weighted by molar-refractivity contribution is 8.00. The summed E-state index contributed by atoms with van der Waals surface area (Å²) in [7, 11) is 1.28. The number of hydrogen-bond donors (Lipinski definition) is 1. The van der Waals surface area contributed by atoms with Gasteiger partial charge in [0.25, 0.3) is 5.56 Å². The number of carbonyl (C=O) groups excluding carboxylic acids is 2. The van der Waals surface area contributed by atoms with E-state index in [9.17, 15) is 19.2 Å². The summed E-state index contributed by atoms with van der Waals surface area (Å²) in [6.07, 6.45) is 0.598. The van der Waals surface area contributed by atoms with Crippen LogP contribution in [0.2, 0.25) is 0 Å². The van der Waals surface area contributed by atoms with E-state index in [4.69, 9.17) is 10.5 Å². The molecule has 2 aromatic rings. The topological polar surface area (TPSA) is 113 Å². The van der Waals surface area contributed by atoms with Crippen LogP contribution in [0.25, 0.3) is 0 Å². The summed E-state index contributed by atoms with van der Waals surface area (Å²) in [6.45, 7) is 5.40. The Morgan fingerprint density at radius 2 is 1.90 bits per heavy atom. The normalized spacial score (nSPS) is 10.8. The van der Waals surface area contributed by atoms with Gasteiger partial charge in [-0.05, 0) is 31.9 Å². The van der Waals surface area contributed by atoms with Crippen LogP contribution in [0.15, 0.2) is 32.7 Å². The Hall–Kier alpha value is -2.81. The second-order valence-corrected chi connectivity index (χ2v) is 7.72. The molecule has 0 atom stereocenters. The molecule has 0 bridgehead atoms. The first kappa shape index (κ1) is 22.5. The van der Waals surface area contributed by atoms with Crippen molar-refractivity contribution in [2.24, 2.45) is 7.05 Å². The molecule has 8 nitrogen and oxygen atoms in total. The number of anilines is 1.